The van der Waals surface area contributed by atoms with Crippen molar-refractivity contribution in [3.05, 3.63) is 114 Å². The average molecular weight is 546 g/mol. The maximum atomic E-state index is 13.6. The van der Waals surface area contributed by atoms with Crippen molar-refractivity contribution in [1.29, 1.82) is 0 Å². The number of hydrogen-bond donors (Lipinski definition) is 1. The number of sulfonamides is 1. The minimum Gasteiger partial charge on any atom is -0.443 e. The SMILES string of the molecule is O=S(=O)(NC1Cc2cc(-c3ccc(F)cc3)ccc2N(Cc2ccccc2)C1)c1sccc1-c1cnco1. The molecule has 3 heterocycles. The molecule has 0 bridgehead atoms. The summed E-state index contributed by atoms with van der Waals surface area (Å²) in [6, 6.07) is 24.1. The summed E-state index contributed by atoms with van der Waals surface area (Å²) in [6.45, 7) is 1.16. The molecular formula is C29H24FN3O3S2. The van der Waals surface area contributed by atoms with Crippen molar-refractivity contribution < 1.29 is 17.2 Å². The Hall–Kier alpha value is -3.79. The van der Waals surface area contributed by atoms with Crippen molar-refractivity contribution in [2.75, 3.05) is 11.4 Å². The molecule has 5 aromatic rings. The summed E-state index contributed by atoms with van der Waals surface area (Å²) in [5.74, 6) is 0.128. The van der Waals surface area contributed by atoms with Crippen molar-refractivity contribution in [3.8, 4) is 22.5 Å². The van der Waals surface area contributed by atoms with Crippen molar-refractivity contribution in [2.24, 2.45) is 0 Å². The van der Waals surface area contributed by atoms with Crippen LogP contribution in [-0.4, -0.2) is 26.0 Å². The van der Waals surface area contributed by atoms with Gasteiger partial charge in [-0.25, -0.2) is 22.5 Å². The van der Waals surface area contributed by atoms with E-state index in [0.29, 0.717) is 30.8 Å². The third-order valence-electron chi connectivity index (χ3n) is 6.61. The Morgan fingerprint density at radius 3 is 2.58 bits per heavy atom. The lowest BCUT2D eigenvalue weighted by Crippen LogP contribution is -2.48. The minimum atomic E-state index is -3.83. The highest BCUT2D eigenvalue weighted by atomic mass is 32.2. The molecule has 1 unspecified atom stereocenters. The average Bonchev–Trinajstić information content (AvgIpc) is 3.62. The normalized spacial score (nSPS) is 15.4. The monoisotopic (exact) mass is 545 g/mol. The molecule has 3 aromatic carbocycles. The van der Waals surface area contributed by atoms with Crippen LogP contribution >= 0.6 is 11.3 Å². The molecule has 0 aliphatic carbocycles. The molecule has 2 aromatic heterocycles. The predicted octanol–water partition coefficient (Wildman–Crippen LogP) is 6.12. The smallest absolute Gasteiger partial charge is 0.251 e. The van der Waals surface area contributed by atoms with Gasteiger partial charge in [-0.05, 0) is 64.4 Å². The number of oxazole rings is 1. The van der Waals surface area contributed by atoms with Gasteiger partial charge >= 0.3 is 0 Å². The second kappa shape index (κ2) is 10.2. The fourth-order valence-electron chi connectivity index (χ4n) is 4.91. The van der Waals surface area contributed by atoms with Crippen molar-refractivity contribution in [2.45, 2.75) is 23.2 Å². The first kappa shape index (κ1) is 24.5. The van der Waals surface area contributed by atoms with E-state index in [9.17, 15) is 12.8 Å². The van der Waals surface area contributed by atoms with Crippen LogP contribution in [0.1, 0.15) is 11.1 Å². The van der Waals surface area contributed by atoms with Gasteiger partial charge < -0.3 is 9.32 Å². The van der Waals surface area contributed by atoms with Gasteiger partial charge in [-0.3, -0.25) is 0 Å². The molecule has 38 heavy (non-hydrogen) atoms. The van der Waals surface area contributed by atoms with Gasteiger partial charge in [-0.15, -0.1) is 11.3 Å². The molecule has 0 saturated heterocycles. The number of benzene rings is 3. The molecule has 0 spiro atoms. The molecule has 0 radical (unpaired) electrons. The number of fused-ring (bicyclic) bond motifs is 1. The summed E-state index contributed by atoms with van der Waals surface area (Å²) >= 11 is 1.15. The molecule has 9 heteroatoms. The first-order chi connectivity index (χ1) is 18.5. The number of aromatic nitrogens is 1. The fraction of sp³-hybridized carbons (Fsp3) is 0.138. The second-order valence-electron chi connectivity index (χ2n) is 9.23. The Labute approximate surface area is 224 Å². The number of nitrogens with zero attached hydrogens (tertiary/aromatic N) is 2. The summed E-state index contributed by atoms with van der Waals surface area (Å²) in [5.41, 5.74) is 5.59. The lowest BCUT2D eigenvalue weighted by Gasteiger charge is -2.36. The van der Waals surface area contributed by atoms with E-state index in [-0.39, 0.29) is 16.1 Å². The maximum absolute atomic E-state index is 13.6. The van der Waals surface area contributed by atoms with Crippen LogP contribution in [0.4, 0.5) is 10.1 Å². The quantitative estimate of drug-likeness (QED) is 0.267. The maximum Gasteiger partial charge on any atom is 0.251 e. The molecule has 0 saturated carbocycles. The number of halogens is 1. The summed E-state index contributed by atoms with van der Waals surface area (Å²) in [5, 5.41) is 1.74. The van der Waals surface area contributed by atoms with Crippen LogP contribution in [0.3, 0.4) is 0 Å². The molecule has 1 N–H and O–H groups in total. The zero-order valence-corrected chi connectivity index (χ0v) is 21.9. The first-order valence-corrected chi connectivity index (χ1v) is 14.5. The molecule has 192 valence electrons. The first-order valence-electron chi connectivity index (χ1n) is 12.1. The third kappa shape index (κ3) is 5.00. The van der Waals surface area contributed by atoms with Crippen LogP contribution in [0.5, 0.6) is 0 Å². The van der Waals surface area contributed by atoms with Crippen LogP contribution in [0.25, 0.3) is 22.5 Å². The van der Waals surface area contributed by atoms with Gasteiger partial charge in [-0.2, -0.15) is 0 Å². The van der Waals surface area contributed by atoms with Gasteiger partial charge in [0.2, 0.25) is 0 Å². The van der Waals surface area contributed by atoms with Gasteiger partial charge in [-0.1, -0.05) is 48.5 Å². The topological polar surface area (TPSA) is 75.4 Å². The number of rotatable bonds is 7. The number of hydrogen-bond acceptors (Lipinski definition) is 6. The lowest BCUT2D eigenvalue weighted by molar-refractivity contribution is 0.525. The third-order valence-corrected chi connectivity index (χ3v) is 9.62. The molecule has 1 aliphatic rings. The van der Waals surface area contributed by atoms with E-state index in [1.54, 1.807) is 23.6 Å². The molecule has 6 nitrogen and oxygen atoms in total. The van der Waals surface area contributed by atoms with E-state index in [1.165, 1.54) is 24.7 Å². The van der Waals surface area contributed by atoms with Crippen LogP contribution in [0.15, 0.2) is 105 Å². The lowest BCUT2D eigenvalue weighted by atomic mass is 9.94. The van der Waals surface area contributed by atoms with Crippen LogP contribution in [0.2, 0.25) is 0 Å². The molecule has 1 aliphatic heterocycles. The van der Waals surface area contributed by atoms with Crippen molar-refractivity contribution >= 4 is 27.0 Å². The Balaban J connectivity index is 1.33. The van der Waals surface area contributed by atoms with Crippen LogP contribution < -0.4 is 9.62 Å². The van der Waals surface area contributed by atoms with E-state index >= 15 is 0 Å². The van der Waals surface area contributed by atoms with Crippen LogP contribution in [0, 0.1) is 5.82 Å². The summed E-state index contributed by atoms with van der Waals surface area (Å²) in [4.78, 5) is 6.13. The second-order valence-corrected chi connectivity index (χ2v) is 12.1. The number of thiophene rings is 1. The van der Waals surface area contributed by atoms with Gasteiger partial charge in [0.25, 0.3) is 10.0 Å². The molecule has 1 atom stereocenters. The van der Waals surface area contributed by atoms with Gasteiger partial charge in [0, 0.05) is 30.4 Å². The molecule has 6 rings (SSSR count). The Bertz CT molecular complexity index is 1650. The molecular weight excluding hydrogens is 521 g/mol. The highest BCUT2D eigenvalue weighted by molar-refractivity contribution is 7.91. The van der Waals surface area contributed by atoms with E-state index in [2.05, 4.69) is 38.9 Å². The molecule has 0 fully saturated rings. The fourth-order valence-corrected chi connectivity index (χ4v) is 7.52. The largest absolute Gasteiger partial charge is 0.443 e. The highest BCUT2D eigenvalue weighted by Gasteiger charge is 2.31. The Kier molecular flexibility index (Phi) is 6.57. The summed E-state index contributed by atoms with van der Waals surface area (Å²) in [6.07, 6.45) is 3.32. The van der Waals surface area contributed by atoms with E-state index in [1.807, 2.05) is 24.3 Å². The van der Waals surface area contributed by atoms with E-state index < -0.39 is 10.0 Å². The minimum absolute atomic E-state index is 0.203. The zero-order chi connectivity index (χ0) is 26.1. The van der Waals surface area contributed by atoms with E-state index in [4.69, 9.17) is 4.42 Å². The van der Waals surface area contributed by atoms with Gasteiger partial charge in [0.1, 0.15) is 10.0 Å². The zero-order valence-electron chi connectivity index (χ0n) is 20.2. The number of nitrogens with one attached hydrogen (secondary N) is 1. The highest BCUT2D eigenvalue weighted by Crippen LogP contribution is 2.35. The Morgan fingerprint density at radius 2 is 1.82 bits per heavy atom. The van der Waals surface area contributed by atoms with Crippen molar-refractivity contribution in [3.63, 3.8) is 0 Å². The van der Waals surface area contributed by atoms with Crippen molar-refractivity contribution in [1.82, 2.24) is 9.71 Å². The Morgan fingerprint density at radius 1 is 1.03 bits per heavy atom. The van der Waals surface area contributed by atoms with Crippen LogP contribution in [-0.2, 0) is 23.0 Å². The standard InChI is InChI=1S/C29H24FN3O3S2/c30-24-9-6-21(7-10-24)22-8-11-27-23(14-22)15-25(18-33(27)17-20-4-2-1-3-5-20)32-38(34,35)29-26(12-13-37-29)28-16-31-19-36-28/h1-14,16,19,25,32H,15,17-18H2. The predicted molar refractivity (Wildman–Crippen MR) is 147 cm³/mol. The molecule has 0 amide bonds. The van der Waals surface area contributed by atoms with Gasteiger partial charge in [0.15, 0.2) is 12.2 Å². The van der Waals surface area contributed by atoms with E-state index in [0.717, 1.165) is 39.3 Å². The van der Waals surface area contributed by atoms with Gasteiger partial charge in [0.05, 0.1) is 6.20 Å². The summed E-state index contributed by atoms with van der Waals surface area (Å²) in [7, 11) is -3.83. The number of anilines is 1. The summed E-state index contributed by atoms with van der Waals surface area (Å²) < 4.78 is 49.1.